The Bertz CT molecular complexity index is 985. The Morgan fingerprint density at radius 3 is 2.70 bits per heavy atom. The van der Waals surface area contributed by atoms with E-state index in [4.69, 9.17) is 18.9 Å². The topological polar surface area (TPSA) is 83.1 Å². The minimum absolute atomic E-state index is 0.110. The fraction of sp³-hybridized carbons (Fsp3) is 0.368. The van der Waals surface area contributed by atoms with Crippen LogP contribution in [0.3, 0.4) is 0 Å². The first kappa shape index (κ1) is 16.7. The van der Waals surface area contributed by atoms with Gasteiger partial charge in [0.1, 0.15) is 11.5 Å². The van der Waals surface area contributed by atoms with Crippen LogP contribution in [-0.2, 0) is 29.3 Å². The van der Waals surface area contributed by atoms with E-state index in [-0.39, 0.29) is 18.2 Å². The molecular formula is C19H19NO6S. The van der Waals surface area contributed by atoms with Crippen molar-refractivity contribution in [2.45, 2.75) is 24.2 Å². The summed E-state index contributed by atoms with van der Waals surface area (Å²) >= 11 is 0. The summed E-state index contributed by atoms with van der Waals surface area (Å²) in [4.78, 5) is 0.162. The van der Waals surface area contributed by atoms with Gasteiger partial charge < -0.3 is 18.9 Å². The highest BCUT2D eigenvalue weighted by molar-refractivity contribution is 7.89. The van der Waals surface area contributed by atoms with Gasteiger partial charge in [-0.1, -0.05) is 0 Å². The lowest BCUT2D eigenvalue weighted by Crippen LogP contribution is -2.26. The van der Waals surface area contributed by atoms with Gasteiger partial charge in [0.2, 0.25) is 16.8 Å². The second-order valence-corrected chi connectivity index (χ2v) is 8.45. The van der Waals surface area contributed by atoms with Crippen LogP contribution < -0.4 is 23.7 Å². The number of nitrogens with one attached hydrogen (secondary N) is 1. The molecule has 142 valence electrons. The Morgan fingerprint density at radius 2 is 1.78 bits per heavy atom. The van der Waals surface area contributed by atoms with Crippen molar-refractivity contribution >= 4 is 10.0 Å². The van der Waals surface area contributed by atoms with Gasteiger partial charge in [0.05, 0.1) is 18.1 Å². The number of fused-ring (bicyclic) bond motifs is 3. The number of benzene rings is 2. The predicted octanol–water partition coefficient (Wildman–Crippen LogP) is 1.81. The van der Waals surface area contributed by atoms with Gasteiger partial charge in [-0.3, -0.25) is 0 Å². The molecule has 7 nitrogen and oxygen atoms in total. The predicted molar refractivity (Wildman–Crippen MR) is 96.3 cm³/mol. The molecule has 2 aromatic carbocycles. The monoisotopic (exact) mass is 389 g/mol. The van der Waals surface area contributed by atoms with E-state index in [9.17, 15) is 8.42 Å². The highest BCUT2D eigenvalue weighted by atomic mass is 32.2. The lowest BCUT2D eigenvalue weighted by Gasteiger charge is -2.13. The van der Waals surface area contributed by atoms with Gasteiger partial charge in [-0.15, -0.1) is 0 Å². The van der Waals surface area contributed by atoms with E-state index in [0.717, 1.165) is 41.0 Å². The Labute approximate surface area is 157 Å². The molecule has 0 spiro atoms. The smallest absolute Gasteiger partial charge is 0.240 e. The summed E-state index contributed by atoms with van der Waals surface area (Å²) in [7, 11) is -3.64. The third-order valence-corrected chi connectivity index (χ3v) is 6.54. The van der Waals surface area contributed by atoms with Crippen LogP contribution in [0.25, 0.3) is 0 Å². The number of hydrogen-bond donors (Lipinski definition) is 1. The average molecular weight is 389 g/mol. The number of ether oxygens (including phenoxy) is 4. The maximum absolute atomic E-state index is 12.6. The number of rotatable bonds is 5. The third kappa shape index (κ3) is 2.89. The van der Waals surface area contributed by atoms with E-state index < -0.39 is 10.0 Å². The SMILES string of the molecule is O=S(=O)(NCCc1c2c(cc3c1OCC3)OCC2)c1ccc2c(c1)OCO2. The average Bonchev–Trinajstić information content (AvgIpc) is 3.40. The molecule has 1 N–H and O–H groups in total. The van der Waals surface area contributed by atoms with Crippen LogP contribution in [0.5, 0.6) is 23.0 Å². The van der Waals surface area contributed by atoms with E-state index in [2.05, 4.69) is 10.8 Å². The molecule has 0 aliphatic carbocycles. The van der Waals surface area contributed by atoms with Gasteiger partial charge in [-0.25, -0.2) is 13.1 Å². The maximum Gasteiger partial charge on any atom is 0.240 e. The van der Waals surface area contributed by atoms with Crippen molar-refractivity contribution in [3.8, 4) is 23.0 Å². The van der Waals surface area contributed by atoms with Crippen molar-refractivity contribution in [3.63, 3.8) is 0 Å². The summed E-state index contributed by atoms with van der Waals surface area (Å²) in [5.41, 5.74) is 3.34. The Kier molecular flexibility index (Phi) is 3.91. The molecule has 0 fully saturated rings. The minimum Gasteiger partial charge on any atom is -0.493 e. The molecule has 2 aromatic rings. The van der Waals surface area contributed by atoms with E-state index >= 15 is 0 Å². The molecule has 5 rings (SSSR count). The van der Waals surface area contributed by atoms with E-state index in [1.807, 2.05) is 0 Å². The largest absolute Gasteiger partial charge is 0.493 e. The zero-order chi connectivity index (χ0) is 18.4. The van der Waals surface area contributed by atoms with Crippen molar-refractivity contribution in [2.24, 2.45) is 0 Å². The van der Waals surface area contributed by atoms with Crippen molar-refractivity contribution < 1.29 is 27.4 Å². The molecule has 27 heavy (non-hydrogen) atoms. The molecule has 3 aliphatic heterocycles. The molecule has 0 radical (unpaired) electrons. The van der Waals surface area contributed by atoms with Crippen LogP contribution in [-0.4, -0.2) is 35.0 Å². The molecule has 0 saturated heterocycles. The van der Waals surface area contributed by atoms with Gasteiger partial charge in [0, 0.05) is 42.1 Å². The first-order valence-corrected chi connectivity index (χ1v) is 10.4. The van der Waals surface area contributed by atoms with Crippen LogP contribution in [0.4, 0.5) is 0 Å². The first-order chi connectivity index (χ1) is 13.1. The van der Waals surface area contributed by atoms with Gasteiger partial charge in [0.15, 0.2) is 11.5 Å². The molecule has 0 saturated carbocycles. The molecule has 0 amide bonds. The van der Waals surface area contributed by atoms with Crippen LogP contribution >= 0.6 is 0 Å². The van der Waals surface area contributed by atoms with Crippen LogP contribution in [0.15, 0.2) is 29.2 Å². The summed E-state index contributed by atoms with van der Waals surface area (Å²) in [6.45, 7) is 1.71. The van der Waals surface area contributed by atoms with Crippen LogP contribution in [0, 0.1) is 0 Å². The highest BCUT2D eigenvalue weighted by Gasteiger charge is 2.27. The maximum atomic E-state index is 12.6. The summed E-state index contributed by atoms with van der Waals surface area (Å²) in [5.74, 6) is 2.82. The van der Waals surface area contributed by atoms with Crippen molar-refractivity contribution in [3.05, 3.63) is 41.0 Å². The number of sulfonamides is 1. The molecule has 8 heteroatoms. The lowest BCUT2D eigenvalue weighted by molar-refractivity contribution is 0.174. The molecule has 0 aromatic heterocycles. The van der Waals surface area contributed by atoms with Gasteiger partial charge in [-0.05, 0) is 24.6 Å². The Hall–Kier alpha value is -2.45. The van der Waals surface area contributed by atoms with Gasteiger partial charge in [0.25, 0.3) is 0 Å². The van der Waals surface area contributed by atoms with E-state index in [0.29, 0.717) is 31.1 Å². The fourth-order valence-electron chi connectivity index (χ4n) is 3.79. The Morgan fingerprint density at radius 1 is 0.926 bits per heavy atom. The minimum atomic E-state index is -3.64. The lowest BCUT2D eigenvalue weighted by atomic mass is 9.97. The van der Waals surface area contributed by atoms with E-state index in [1.165, 1.54) is 12.1 Å². The van der Waals surface area contributed by atoms with Crippen LogP contribution in [0.1, 0.15) is 16.7 Å². The zero-order valence-corrected chi connectivity index (χ0v) is 15.4. The summed E-state index contributed by atoms with van der Waals surface area (Å²) in [6.07, 6.45) is 2.25. The quantitative estimate of drug-likeness (QED) is 0.840. The van der Waals surface area contributed by atoms with Crippen LogP contribution in [0.2, 0.25) is 0 Å². The highest BCUT2D eigenvalue weighted by Crippen LogP contribution is 2.40. The van der Waals surface area contributed by atoms with Crippen molar-refractivity contribution in [1.29, 1.82) is 0 Å². The molecular weight excluding hydrogens is 370 g/mol. The molecule has 0 unspecified atom stereocenters. The van der Waals surface area contributed by atoms with Crippen molar-refractivity contribution in [1.82, 2.24) is 4.72 Å². The molecule has 3 aliphatic rings. The molecule has 0 atom stereocenters. The summed E-state index contributed by atoms with van der Waals surface area (Å²) in [5, 5.41) is 0. The van der Waals surface area contributed by atoms with Crippen molar-refractivity contribution in [2.75, 3.05) is 26.6 Å². The summed E-state index contributed by atoms with van der Waals surface area (Å²) in [6, 6.07) is 6.67. The normalized spacial score (nSPS) is 16.6. The standard InChI is InChI=1S/C19H19NO6S/c21-27(22,13-1-2-16-18(10-13)26-11-25-16)20-6-3-15-14-5-8-23-17(14)9-12-4-7-24-19(12)15/h1-2,9-10,20H,3-8,11H2. The second-order valence-electron chi connectivity index (χ2n) is 6.68. The van der Waals surface area contributed by atoms with Gasteiger partial charge in [-0.2, -0.15) is 0 Å². The Balaban J connectivity index is 1.34. The van der Waals surface area contributed by atoms with E-state index in [1.54, 1.807) is 6.07 Å². The first-order valence-electron chi connectivity index (χ1n) is 8.94. The second kappa shape index (κ2) is 6.31. The summed E-state index contributed by atoms with van der Waals surface area (Å²) < 4.78 is 49.9. The zero-order valence-electron chi connectivity index (χ0n) is 14.6. The molecule has 3 heterocycles. The van der Waals surface area contributed by atoms with Gasteiger partial charge >= 0.3 is 0 Å². The fourth-order valence-corrected chi connectivity index (χ4v) is 4.83. The third-order valence-electron chi connectivity index (χ3n) is 5.08. The molecule has 0 bridgehead atoms. The number of hydrogen-bond acceptors (Lipinski definition) is 6.